The second kappa shape index (κ2) is 6.41. The lowest BCUT2D eigenvalue weighted by Crippen LogP contribution is -2.52. The molecule has 18 heavy (non-hydrogen) atoms. The van der Waals surface area contributed by atoms with Crippen molar-refractivity contribution in [3.8, 4) is 0 Å². The Morgan fingerprint density at radius 3 is 2.11 bits per heavy atom. The highest BCUT2D eigenvalue weighted by Gasteiger charge is 2.32. The van der Waals surface area contributed by atoms with Crippen molar-refractivity contribution in [2.45, 2.75) is 76.9 Å². The molecule has 0 aromatic rings. The van der Waals surface area contributed by atoms with Gasteiger partial charge in [0, 0.05) is 0 Å². The number of aliphatic hydroxyl groups is 1. The van der Waals surface area contributed by atoms with Crippen molar-refractivity contribution in [2.24, 2.45) is 0 Å². The second-order valence-electron chi connectivity index (χ2n) is 6.33. The van der Waals surface area contributed by atoms with Crippen molar-refractivity contribution in [2.75, 3.05) is 6.61 Å². The predicted octanol–water partition coefficient (Wildman–Crippen LogP) is 2.99. The number of amides is 1. The number of carbonyl (C=O) groups excluding carboxylic acids is 1. The van der Waals surface area contributed by atoms with Crippen molar-refractivity contribution < 1.29 is 14.6 Å². The van der Waals surface area contributed by atoms with Gasteiger partial charge in [-0.05, 0) is 33.6 Å². The second-order valence-corrected chi connectivity index (χ2v) is 6.33. The lowest BCUT2D eigenvalue weighted by molar-refractivity contribution is 0.0361. The molecule has 2 N–H and O–H groups in total. The Hall–Kier alpha value is -0.770. The van der Waals surface area contributed by atoms with Crippen LogP contribution in [-0.4, -0.2) is 28.9 Å². The summed E-state index contributed by atoms with van der Waals surface area (Å²) in [6, 6.07) is 0. The van der Waals surface area contributed by atoms with Crippen LogP contribution in [0.25, 0.3) is 0 Å². The van der Waals surface area contributed by atoms with Crippen molar-refractivity contribution in [1.29, 1.82) is 0 Å². The van der Waals surface area contributed by atoms with Gasteiger partial charge in [0.15, 0.2) is 0 Å². The molecule has 0 atom stereocenters. The smallest absolute Gasteiger partial charge is 0.408 e. The lowest BCUT2D eigenvalue weighted by atomic mass is 9.84. The molecular formula is C14H27NO3. The number of rotatable bonds is 2. The van der Waals surface area contributed by atoms with Crippen LogP contribution in [0.4, 0.5) is 4.79 Å². The summed E-state index contributed by atoms with van der Waals surface area (Å²) in [5.41, 5.74) is -0.981. The van der Waals surface area contributed by atoms with Crippen LogP contribution in [0.5, 0.6) is 0 Å². The van der Waals surface area contributed by atoms with Gasteiger partial charge in [0.2, 0.25) is 0 Å². The summed E-state index contributed by atoms with van der Waals surface area (Å²) in [5, 5.41) is 12.5. The molecule has 1 fully saturated rings. The molecule has 1 aliphatic carbocycles. The number of nitrogens with one attached hydrogen (secondary N) is 1. The van der Waals surface area contributed by atoms with E-state index >= 15 is 0 Å². The third kappa shape index (κ3) is 5.25. The first-order chi connectivity index (χ1) is 8.37. The fraction of sp³-hybridized carbons (Fsp3) is 0.929. The van der Waals surface area contributed by atoms with E-state index < -0.39 is 17.2 Å². The minimum atomic E-state index is -0.498. The van der Waals surface area contributed by atoms with Crippen LogP contribution in [0.1, 0.15) is 65.7 Å². The van der Waals surface area contributed by atoms with E-state index in [-0.39, 0.29) is 6.61 Å². The summed E-state index contributed by atoms with van der Waals surface area (Å²) in [6.07, 6.45) is 6.97. The highest BCUT2D eigenvalue weighted by atomic mass is 16.6. The standard InChI is InChI=1S/C14H27NO3/c1-13(2,3)18-12(17)15-14(11-16)9-7-5-4-6-8-10-14/h16H,4-11H2,1-3H3,(H,15,17). The molecule has 4 nitrogen and oxygen atoms in total. The highest BCUT2D eigenvalue weighted by Crippen LogP contribution is 2.26. The maximum atomic E-state index is 11.8. The zero-order chi connectivity index (χ0) is 13.6. The molecule has 0 radical (unpaired) electrons. The van der Waals surface area contributed by atoms with Gasteiger partial charge in [-0.2, -0.15) is 0 Å². The largest absolute Gasteiger partial charge is 0.444 e. The van der Waals surface area contributed by atoms with Crippen molar-refractivity contribution in [3.05, 3.63) is 0 Å². The summed E-state index contributed by atoms with van der Waals surface area (Å²) in [6.45, 7) is 5.52. The number of hydrogen-bond donors (Lipinski definition) is 2. The molecule has 106 valence electrons. The van der Waals surface area contributed by atoms with Gasteiger partial charge in [-0.1, -0.05) is 32.1 Å². The molecule has 0 spiro atoms. The zero-order valence-electron chi connectivity index (χ0n) is 11.9. The number of alkyl carbamates (subject to hydrolysis) is 1. The fourth-order valence-corrected chi connectivity index (χ4v) is 2.42. The fourth-order valence-electron chi connectivity index (χ4n) is 2.42. The molecule has 0 saturated heterocycles. The number of ether oxygens (including phenoxy) is 1. The van der Waals surface area contributed by atoms with Crippen LogP contribution >= 0.6 is 0 Å². The summed E-state index contributed by atoms with van der Waals surface area (Å²) in [7, 11) is 0. The number of hydrogen-bond acceptors (Lipinski definition) is 3. The summed E-state index contributed by atoms with van der Waals surface area (Å²) < 4.78 is 5.28. The van der Waals surface area contributed by atoms with E-state index in [2.05, 4.69) is 5.32 Å². The van der Waals surface area contributed by atoms with Gasteiger partial charge in [-0.15, -0.1) is 0 Å². The minimum absolute atomic E-state index is 0.00770. The van der Waals surface area contributed by atoms with Gasteiger partial charge in [0.25, 0.3) is 0 Å². The third-order valence-corrected chi connectivity index (χ3v) is 3.38. The van der Waals surface area contributed by atoms with Crippen molar-refractivity contribution in [3.63, 3.8) is 0 Å². The van der Waals surface area contributed by atoms with E-state index in [9.17, 15) is 9.90 Å². The predicted molar refractivity (Wildman–Crippen MR) is 71.5 cm³/mol. The topological polar surface area (TPSA) is 58.6 Å². The van der Waals surface area contributed by atoms with Crippen molar-refractivity contribution >= 4 is 6.09 Å². The van der Waals surface area contributed by atoms with Gasteiger partial charge in [0.05, 0.1) is 12.1 Å². The van der Waals surface area contributed by atoms with Gasteiger partial charge in [-0.3, -0.25) is 0 Å². The molecule has 1 amide bonds. The average molecular weight is 257 g/mol. The van der Waals surface area contributed by atoms with Crippen LogP contribution in [0.3, 0.4) is 0 Å². The molecule has 0 unspecified atom stereocenters. The Morgan fingerprint density at radius 1 is 1.17 bits per heavy atom. The molecule has 0 aliphatic heterocycles. The third-order valence-electron chi connectivity index (χ3n) is 3.38. The normalized spacial score (nSPS) is 20.7. The average Bonchev–Trinajstić information content (AvgIpc) is 2.19. The zero-order valence-corrected chi connectivity index (χ0v) is 11.9. The maximum absolute atomic E-state index is 11.8. The Kier molecular flexibility index (Phi) is 5.45. The molecule has 1 rings (SSSR count). The Bertz CT molecular complexity index is 263. The van der Waals surface area contributed by atoms with E-state index in [0.29, 0.717) is 0 Å². The van der Waals surface area contributed by atoms with E-state index in [1.165, 1.54) is 19.3 Å². The van der Waals surface area contributed by atoms with Crippen LogP contribution < -0.4 is 5.32 Å². The van der Waals surface area contributed by atoms with Crippen LogP contribution in [0.15, 0.2) is 0 Å². The molecular weight excluding hydrogens is 230 g/mol. The lowest BCUT2D eigenvalue weighted by Gasteiger charge is -2.35. The first-order valence-electron chi connectivity index (χ1n) is 6.99. The van der Waals surface area contributed by atoms with E-state index in [1.54, 1.807) is 0 Å². The highest BCUT2D eigenvalue weighted by molar-refractivity contribution is 5.68. The first kappa shape index (κ1) is 15.3. The molecule has 4 heteroatoms. The summed E-state index contributed by atoms with van der Waals surface area (Å²) >= 11 is 0. The van der Waals surface area contributed by atoms with Crippen LogP contribution in [0.2, 0.25) is 0 Å². The SMILES string of the molecule is CC(C)(C)OC(=O)NC1(CO)CCCCCCC1. The van der Waals surface area contributed by atoms with Gasteiger partial charge >= 0.3 is 6.09 Å². The summed E-state index contributed by atoms with van der Waals surface area (Å²) in [4.78, 5) is 11.8. The minimum Gasteiger partial charge on any atom is -0.444 e. The van der Waals surface area contributed by atoms with Gasteiger partial charge in [-0.25, -0.2) is 4.79 Å². The van der Waals surface area contributed by atoms with Crippen LogP contribution in [0, 0.1) is 0 Å². The Balaban J connectivity index is 2.59. The maximum Gasteiger partial charge on any atom is 0.408 e. The van der Waals surface area contributed by atoms with E-state index in [1.807, 2.05) is 20.8 Å². The molecule has 1 saturated carbocycles. The molecule has 0 heterocycles. The van der Waals surface area contributed by atoms with Crippen molar-refractivity contribution in [1.82, 2.24) is 5.32 Å². The quantitative estimate of drug-likeness (QED) is 0.799. The van der Waals surface area contributed by atoms with Gasteiger partial charge in [0.1, 0.15) is 5.60 Å². The van der Waals surface area contributed by atoms with E-state index in [4.69, 9.17) is 4.74 Å². The Morgan fingerprint density at radius 2 is 1.67 bits per heavy atom. The molecule has 0 bridgehead atoms. The molecule has 1 aliphatic rings. The molecule has 0 aromatic carbocycles. The Labute approximate surface area is 110 Å². The number of aliphatic hydroxyl groups excluding tert-OH is 1. The monoisotopic (exact) mass is 257 g/mol. The van der Waals surface area contributed by atoms with Crippen LogP contribution in [-0.2, 0) is 4.74 Å². The van der Waals surface area contributed by atoms with Gasteiger partial charge < -0.3 is 15.2 Å². The molecule has 0 aromatic heterocycles. The number of carbonyl (C=O) groups is 1. The summed E-state index contributed by atoms with van der Waals surface area (Å²) in [5.74, 6) is 0. The van der Waals surface area contributed by atoms with E-state index in [0.717, 1.165) is 25.7 Å². The first-order valence-corrected chi connectivity index (χ1v) is 6.99.